The number of hydrogen-bond acceptors (Lipinski definition) is 11. The lowest BCUT2D eigenvalue weighted by Gasteiger charge is -2.16. The maximum absolute atomic E-state index is 11.9. The van der Waals surface area contributed by atoms with Gasteiger partial charge in [0.25, 0.3) is 11.1 Å². The second-order valence-electron chi connectivity index (χ2n) is 11.5. The first-order chi connectivity index (χ1) is 24.0. The van der Waals surface area contributed by atoms with Gasteiger partial charge in [-0.2, -0.15) is 0 Å². The summed E-state index contributed by atoms with van der Waals surface area (Å²) in [6.45, 7) is 6.56. The van der Waals surface area contributed by atoms with Crippen molar-refractivity contribution in [2.75, 3.05) is 70.2 Å². The molecule has 2 aromatic heterocycles. The van der Waals surface area contributed by atoms with Crippen LogP contribution in [-0.2, 0) is 9.47 Å². The van der Waals surface area contributed by atoms with E-state index < -0.39 is 24.2 Å². The number of amides is 6. The van der Waals surface area contributed by atoms with E-state index in [0.29, 0.717) is 50.7 Å². The van der Waals surface area contributed by atoms with E-state index in [1.807, 2.05) is 11.9 Å². The molecule has 6 amide bonds. The Hall–Kier alpha value is -5.20. The summed E-state index contributed by atoms with van der Waals surface area (Å²) in [4.78, 5) is 85.3. The first-order valence-corrected chi connectivity index (χ1v) is 16.8. The Balaban J connectivity index is 1.34. The number of unbranched alkanes of at least 4 members (excludes halogenated alkanes) is 6. The molecule has 0 unspecified atom stereocenters. The number of ether oxygens (including phenoxy) is 2. The molecule has 8 N–H and O–H groups in total. The van der Waals surface area contributed by atoms with Crippen molar-refractivity contribution in [2.24, 2.45) is 0 Å². The van der Waals surface area contributed by atoms with Gasteiger partial charge in [0, 0.05) is 62.8 Å². The molecule has 50 heavy (non-hydrogen) atoms. The molecule has 0 aromatic carbocycles. The zero-order valence-electron chi connectivity index (χ0n) is 29.1. The Bertz CT molecular complexity index is 1360. The van der Waals surface area contributed by atoms with Crippen LogP contribution in [0.2, 0.25) is 0 Å². The minimum absolute atomic E-state index is 0.0956. The van der Waals surface area contributed by atoms with Crippen molar-refractivity contribution < 1.29 is 28.7 Å². The van der Waals surface area contributed by atoms with E-state index in [-0.39, 0.29) is 36.2 Å². The van der Waals surface area contributed by atoms with E-state index in [1.54, 1.807) is 13.8 Å². The van der Waals surface area contributed by atoms with Crippen LogP contribution in [0.15, 0.2) is 21.7 Å². The van der Waals surface area contributed by atoms with Crippen LogP contribution in [0.1, 0.15) is 62.8 Å². The van der Waals surface area contributed by atoms with E-state index in [2.05, 4.69) is 51.8 Å². The third kappa shape index (κ3) is 20.2. The molecule has 2 rings (SSSR count). The van der Waals surface area contributed by atoms with Crippen LogP contribution in [0, 0.1) is 13.8 Å². The smallest absolute Gasteiger partial charge is 0.407 e. The van der Waals surface area contributed by atoms with Crippen LogP contribution in [-0.4, -0.2) is 109 Å². The average Bonchev–Trinajstić information content (AvgIpc) is 3.02. The Kier molecular flexibility index (Phi) is 19.7. The molecule has 0 saturated heterocycles. The number of carbonyl (C=O) groups excluding carboxylic acids is 4. The zero-order chi connectivity index (χ0) is 36.6. The van der Waals surface area contributed by atoms with Crippen molar-refractivity contribution in [3.8, 4) is 0 Å². The minimum Gasteiger partial charge on any atom is -0.448 e. The fourth-order valence-electron chi connectivity index (χ4n) is 4.37. The molecule has 0 bridgehead atoms. The minimum atomic E-state index is -0.494. The molecular weight excluding hydrogens is 654 g/mol. The normalized spacial score (nSPS) is 10.6. The molecule has 0 saturated carbocycles. The first kappa shape index (κ1) is 41.0. The Labute approximate surface area is 290 Å². The third-order valence-electron chi connectivity index (χ3n) is 6.93. The number of likely N-dealkylation sites (N-methyl/N-ethyl adjacent to an activating group) is 1. The highest BCUT2D eigenvalue weighted by atomic mass is 16.6. The predicted octanol–water partition coefficient (Wildman–Crippen LogP) is 1.92. The molecule has 2 heterocycles. The molecule has 0 aliphatic rings. The third-order valence-corrected chi connectivity index (χ3v) is 6.93. The van der Waals surface area contributed by atoms with Crippen LogP contribution in [0.4, 0.5) is 31.1 Å². The molecule has 0 atom stereocenters. The quantitative estimate of drug-likeness (QED) is 0.0822. The van der Waals surface area contributed by atoms with Gasteiger partial charge in [-0.3, -0.25) is 35.1 Å². The van der Waals surface area contributed by atoms with Crippen LogP contribution in [0.25, 0.3) is 0 Å². The number of alkyl carbamates (subject to hydrolysis) is 2. The highest BCUT2D eigenvalue weighted by Gasteiger charge is 2.08. The SMILES string of the molecule is Cc1cc(=O)[nH]c(NC(=O)NCCCCCCNC(=O)OCCN(C)CCOC(=O)NCCCCCCNC(=O)Nc2nc(C)cc(=O)[nH]2)n1. The topological polar surface area (TPSA) is 254 Å². The highest BCUT2D eigenvalue weighted by Crippen LogP contribution is 2.01. The van der Waals surface area contributed by atoms with Crippen LogP contribution in [0.5, 0.6) is 0 Å². The summed E-state index contributed by atoms with van der Waals surface area (Å²) < 4.78 is 10.4. The van der Waals surface area contributed by atoms with Gasteiger partial charge >= 0.3 is 24.2 Å². The molecule has 0 radical (unpaired) electrons. The number of aromatic nitrogens is 4. The lowest BCUT2D eigenvalue weighted by molar-refractivity contribution is 0.115. The lowest BCUT2D eigenvalue weighted by atomic mass is 10.2. The Morgan fingerprint density at radius 2 is 0.980 bits per heavy atom. The highest BCUT2D eigenvalue weighted by molar-refractivity contribution is 5.87. The van der Waals surface area contributed by atoms with E-state index in [4.69, 9.17) is 9.47 Å². The number of anilines is 2. The van der Waals surface area contributed by atoms with Crippen LogP contribution in [0.3, 0.4) is 0 Å². The maximum Gasteiger partial charge on any atom is 0.407 e. The van der Waals surface area contributed by atoms with Crippen molar-refractivity contribution >= 4 is 36.1 Å². The summed E-state index contributed by atoms with van der Waals surface area (Å²) in [6, 6.07) is 1.77. The molecule has 278 valence electrons. The number of H-pyrrole nitrogens is 2. The fourth-order valence-corrected chi connectivity index (χ4v) is 4.37. The van der Waals surface area contributed by atoms with E-state index in [9.17, 15) is 28.8 Å². The summed E-state index contributed by atoms with van der Waals surface area (Å²) >= 11 is 0. The van der Waals surface area contributed by atoms with E-state index in [0.717, 1.165) is 51.4 Å². The monoisotopic (exact) mass is 705 g/mol. The average molecular weight is 706 g/mol. The summed E-state index contributed by atoms with van der Waals surface area (Å²) in [6.07, 6.45) is 5.53. The van der Waals surface area contributed by atoms with Crippen molar-refractivity contribution in [3.63, 3.8) is 0 Å². The van der Waals surface area contributed by atoms with Gasteiger partial charge < -0.3 is 30.7 Å². The number of urea groups is 2. The molecule has 0 aliphatic carbocycles. The number of aryl methyl sites for hydroxylation is 2. The number of nitrogens with zero attached hydrogens (tertiary/aromatic N) is 3. The van der Waals surface area contributed by atoms with Gasteiger partial charge in [-0.25, -0.2) is 29.1 Å². The standard InChI is InChI=1S/C31H51N11O8/c1-22-20-24(43)38-26(36-22)40-28(45)32-12-8-4-6-10-14-34-30(47)49-18-16-42(3)17-19-50-31(48)35-15-11-7-5-9-13-33-29(46)41-27-37-23(2)21-25(44)39-27/h20-21H,4-19H2,1-3H3,(H,34,47)(H,35,48)(H3,32,36,38,40,43,45)(H3,33,37,39,41,44,46). The van der Waals surface area contributed by atoms with Crippen molar-refractivity contribution in [3.05, 3.63) is 44.2 Å². The summed E-state index contributed by atoms with van der Waals surface area (Å²) in [5, 5.41) is 15.8. The fraction of sp³-hybridized carbons (Fsp3) is 0.613. The van der Waals surface area contributed by atoms with Crippen molar-refractivity contribution in [2.45, 2.75) is 65.2 Å². The van der Waals surface area contributed by atoms with Crippen molar-refractivity contribution in [1.82, 2.24) is 46.1 Å². The number of carbonyl (C=O) groups is 4. The summed E-state index contributed by atoms with van der Waals surface area (Å²) in [5.41, 5.74) is 0.335. The Morgan fingerprint density at radius 1 is 0.620 bits per heavy atom. The molecule has 19 heteroatoms. The van der Waals surface area contributed by atoms with Crippen molar-refractivity contribution in [1.29, 1.82) is 0 Å². The zero-order valence-corrected chi connectivity index (χ0v) is 29.1. The van der Waals surface area contributed by atoms with Gasteiger partial charge in [0.1, 0.15) is 13.2 Å². The van der Waals surface area contributed by atoms with Gasteiger partial charge in [0.2, 0.25) is 11.9 Å². The number of hydrogen-bond donors (Lipinski definition) is 8. The predicted molar refractivity (Wildman–Crippen MR) is 186 cm³/mol. The largest absolute Gasteiger partial charge is 0.448 e. The molecule has 0 spiro atoms. The molecule has 19 nitrogen and oxygen atoms in total. The van der Waals surface area contributed by atoms with Gasteiger partial charge in [-0.15, -0.1) is 0 Å². The first-order valence-electron chi connectivity index (χ1n) is 16.8. The summed E-state index contributed by atoms with van der Waals surface area (Å²) in [5.74, 6) is 0.191. The molecule has 0 aliphatic heterocycles. The lowest BCUT2D eigenvalue weighted by Crippen LogP contribution is -2.33. The summed E-state index contributed by atoms with van der Waals surface area (Å²) in [7, 11) is 1.83. The van der Waals surface area contributed by atoms with Crippen LogP contribution >= 0.6 is 0 Å². The van der Waals surface area contributed by atoms with Gasteiger partial charge in [0.15, 0.2) is 0 Å². The maximum atomic E-state index is 11.9. The molecular formula is C31H51N11O8. The second-order valence-corrected chi connectivity index (χ2v) is 11.5. The van der Waals surface area contributed by atoms with E-state index in [1.165, 1.54) is 12.1 Å². The number of nitrogens with one attached hydrogen (secondary N) is 8. The Morgan fingerprint density at radius 3 is 1.34 bits per heavy atom. The molecule has 0 fully saturated rings. The van der Waals surface area contributed by atoms with E-state index >= 15 is 0 Å². The van der Waals surface area contributed by atoms with Gasteiger partial charge in [0.05, 0.1) is 0 Å². The number of rotatable bonds is 22. The second kappa shape index (κ2) is 24.0. The van der Waals surface area contributed by atoms with Gasteiger partial charge in [-0.05, 0) is 46.6 Å². The van der Waals surface area contributed by atoms with Crippen LogP contribution < -0.4 is 43.0 Å². The number of aromatic amines is 2. The van der Waals surface area contributed by atoms with Gasteiger partial charge in [-0.1, -0.05) is 25.7 Å². The molecule has 2 aromatic rings.